The molecule has 0 spiro atoms. The lowest BCUT2D eigenvalue weighted by atomic mass is 10.1. The lowest BCUT2D eigenvalue weighted by Gasteiger charge is -2.06. The fraction of sp³-hybridized carbons (Fsp3) is 0.250. The SMILES string of the molecule is Cc1cccc(CON(O)O)c1. The Hall–Kier alpha value is -0.940. The fourth-order valence-electron chi connectivity index (χ4n) is 0.934. The topological polar surface area (TPSA) is 52.9 Å². The van der Waals surface area contributed by atoms with Gasteiger partial charge in [-0.25, -0.2) is 4.84 Å². The van der Waals surface area contributed by atoms with Crippen LogP contribution in [0.5, 0.6) is 0 Å². The largest absolute Gasteiger partial charge is 0.266 e. The molecule has 0 saturated carbocycles. The van der Waals surface area contributed by atoms with E-state index in [4.69, 9.17) is 10.4 Å². The molecule has 0 aromatic heterocycles. The molecule has 2 N–H and O–H groups in total. The normalized spacial score (nSPS) is 10.7. The molecule has 0 atom stereocenters. The lowest BCUT2D eigenvalue weighted by molar-refractivity contribution is -0.497. The first-order valence-corrected chi connectivity index (χ1v) is 3.55. The number of rotatable bonds is 3. The molecular weight excluding hydrogens is 158 g/mol. The van der Waals surface area contributed by atoms with Crippen LogP contribution in [0.15, 0.2) is 24.3 Å². The van der Waals surface area contributed by atoms with Crippen molar-refractivity contribution in [3.63, 3.8) is 0 Å². The van der Waals surface area contributed by atoms with Crippen LogP contribution in [0, 0.1) is 6.92 Å². The number of nitrogens with zero attached hydrogens (tertiary/aromatic N) is 1. The van der Waals surface area contributed by atoms with E-state index < -0.39 is 0 Å². The van der Waals surface area contributed by atoms with Gasteiger partial charge < -0.3 is 0 Å². The van der Waals surface area contributed by atoms with E-state index in [0.29, 0.717) is 0 Å². The summed E-state index contributed by atoms with van der Waals surface area (Å²) in [6.45, 7) is 2.10. The van der Waals surface area contributed by atoms with Crippen molar-refractivity contribution in [3.8, 4) is 0 Å². The van der Waals surface area contributed by atoms with Crippen LogP contribution in [-0.2, 0) is 11.4 Å². The van der Waals surface area contributed by atoms with Gasteiger partial charge in [0.05, 0.1) is 12.0 Å². The summed E-state index contributed by atoms with van der Waals surface area (Å²) in [5.74, 6) is 0. The monoisotopic (exact) mass is 169 g/mol. The maximum atomic E-state index is 8.25. The molecule has 1 rings (SSSR count). The molecule has 12 heavy (non-hydrogen) atoms. The second kappa shape index (κ2) is 4.18. The molecule has 4 heteroatoms. The number of hydrogen-bond acceptors (Lipinski definition) is 4. The van der Waals surface area contributed by atoms with Gasteiger partial charge in [0.15, 0.2) is 0 Å². The molecule has 0 fully saturated rings. The zero-order chi connectivity index (χ0) is 8.97. The summed E-state index contributed by atoms with van der Waals surface area (Å²) in [4.78, 5) is 4.43. The highest BCUT2D eigenvalue weighted by atomic mass is 17.1. The van der Waals surface area contributed by atoms with E-state index in [1.807, 2.05) is 31.2 Å². The molecule has 0 radical (unpaired) electrons. The Balaban J connectivity index is 2.52. The molecule has 0 aliphatic heterocycles. The summed E-state index contributed by atoms with van der Waals surface area (Å²) in [5, 5.41) is 16.2. The summed E-state index contributed by atoms with van der Waals surface area (Å²) in [6, 6.07) is 7.59. The van der Waals surface area contributed by atoms with Crippen LogP contribution in [0.25, 0.3) is 0 Å². The Morgan fingerprint density at radius 2 is 2.17 bits per heavy atom. The number of benzene rings is 1. The Morgan fingerprint density at radius 3 is 2.75 bits per heavy atom. The summed E-state index contributed by atoms with van der Waals surface area (Å²) in [5.41, 5.74) is 2.00. The molecule has 4 nitrogen and oxygen atoms in total. The molecule has 0 aliphatic rings. The lowest BCUT2D eigenvalue weighted by Crippen LogP contribution is -2.13. The third kappa shape index (κ3) is 2.98. The first-order valence-electron chi connectivity index (χ1n) is 3.55. The Labute approximate surface area is 70.5 Å². The first kappa shape index (κ1) is 9.15. The van der Waals surface area contributed by atoms with Crippen molar-refractivity contribution in [2.24, 2.45) is 0 Å². The van der Waals surface area contributed by atoms with Crippen molar-refractivity contribution < 1.29 is 15.3 Å². The van der Waals surface area contributed by atoms with Crippen molar-refractivity contribution >= 4 is 0 Å². The van der Waals surface area contributed by atoms with Crippen molar-refractivity contribution in [2.45, 2.75) is 13.5 Å². The van der Waals surface area contributed by atoms with Crippen LogP contribution < -0.4 is 0 Å². The van der Waals surface area contributed by atoms with E-state index in [1.54, 1.807) is 0 Å². The van der Waals surface area contributed by atoms with Crippen LogP contribution in [0.4, 0.5) is 0 Å². The molecule has 0 aliphatic carbocycles. The van der Waals surface area contributed by atoms with Gasteiger partial charge in [0, 0.05) is 0 Å². The van der Waals surface area contributed by atoms with Gasteiger partial charge in [-0.1, -0.05) is 29.8 Å². The third-order valence-corrected chi connectivity index (χ3v) is 1.43. The standard InChI is InChI=1S/C8H11NO3/c1-7-3-2-4-8(5-7)6-12-9(10)11/h2-5,10-11H,6H2,1H3. The summed E-state index contributed by atoms with van der Waals surface area (Å²) < 4.78 is 0. The quantitative estimate of drug-likeness (QED) is 0.673. The third-order valence-electron chi connectivity index (χ3n) is 1.43. The van der Waals surface area contributed by atoms with E-state index in [2.05, 4.69) is 4.84 Å². The minimum Gasteiger partial charge on any atom is -0.266 e. The van der Waals surface area contributed by atoms with Gasteiger partial charge in [-0.05, 0) is 12.5 Å². The minimum absolute atomic E-state index is 0.147. The second-order valence-corrected chi connectivity index (χ2v) is 2.52. The van der Waals surface area contributed by atoms with Crippen molar-refractivity contribution in [1.82, 2.24) is 5.39 Å². The highest BCUT2D eigenvalue weighted by Gasteiger charge is 1.96. The smallest absolute Gasteiger partial charge is 0.0987 e. The van der Waals surface area contributed by atoms with Gasteiger partial charge in [-0.3, -0.25) is 10.4 Å². The van der Waals surface area contributed by atoms with Gasteiger partial charge in [0.25, 0.3) is 0 Å². The number of aryl methyl sites for hydroxylation is 1. The van der Waals surface area contributed by atoms with Gasteiger partial charge in [-0.15, -0.1) is 0 Å². The van der Waals surface area contributed by atoms with Crippen LogP contribution in [0.2, 0.25) is 0 Å². The average Bonchev–Trinajstić information content (AvgIpc) is 2.01. The van der Waals surface area contributed by atoms with E-state index in [0.717, 1.165) is 11.1 Å². The van der Waals surface area contributed by atoms with Crippen molar-refractivity contribution in [3.05, 3.63) is 35.4 Å². The van der Waals surface area contributed by atoms with E-state index in [9.17, 15) is 0 Å². The van der Waals surface area contributed by atoms with Gasteiger partial charge in [-0.2, -0.15) is 0 Å². The van der Waals surface area contributed by atoms with Gasteiger partial charge in [0.1, 0.15) is 0 Å². The predicted molar refractivity (Wildman–Crippen MR) is 41.4 cm³/mol. The van der Waals surface area contributed by atoms with Crippen LogP contribution >= 0.6 is 0 Å². The van der Waals surface area contributed by atoms with Gasteiger partial charge >= 0.3 is 0 Å². The maximum Gasteiger partial charge on any atom is 0.0987 e. The van der Waals surface area contributed by atoms with Gasteiger partial charge in [0.2, 0.25) is 0 Å². The Kier molecular flexibility index (Phi) is 3.19. The van der Waals surface area contributed by atoms with Crippen molar-refractivity contribution in [1.29, 1.82) is 0 Å². The average molecular weight is 169 g/mol. The zero-order valence-corrected chi connectivity index (χ0v) is 6.77. The fourth-order valence-corrected chi connectivity index (χ4v) is 0.934. The summed E-state index contributed by atoms with van der Waals surface area (Å²) >= 11 is 0. The molecule has 0 unspecified atom stereocenters. The molecule has 0 amide bonds. The zero-order valence-electron chi connectivity index (χ0n) is 6.77. The molecule has 0 bridgehead atoms. The molecule has 0 saturated heterocycles. The highest BCUT2D eigenvalue weighted by Crippen LogP contribution is 2.05. The van der Waals surface area contributed by atoms with E-state index >= 15 is 0 Å². The number of hydrogen-bond donors (Lipinski definition) is 2. The molecule has 0 heterocycles. The first-order chi connectivity index (χ1) is 5.68. The molecule has 66 valence electrons. The van der Waals surface area contributed by atoms with Crippen LogP contribution in [-0.4, -0.2) is 15.8 Å². The summed E-state index contributed by atoms with van der Waals surface area (Å²) in [6.07, 6.45) is 0. The highest BCUT2D eigenvalue weighted by molar-refractivity contribution is 5.21. The molecule has 1 aromatic carbocycles. The van der Waals surface area contributed by atoms with Crippen molar-refractivity contribution in [2.75, 3.05) is 0 Å². The Morgan fingerprint density at radius 1 is 1.42 bits per heavy atom. The molecular formula is C8H11NO3. The molecule has 1 aromatic rings. The van der Waals surface area contributed by atoms with Crippen LogP contribution in [0.3, 0.4) is 0 Å². The minimum atomic E-state index is -0.289. The van der Waals surface area contributed by atoms with Crippen LogP contribution in [0.1, 0.15) is 11.1 Å². The Bertz CT molecular complexity index is 250. The van der Waals surface area contributed by atoms with E-state index in [-0.39, 0.29) is 12.0 Å². The summed E-state index contributed by atoms with van der Waals surface area (Å²) in [7, 11) is 0. The predicted octanol–water partition coefficient (Wildman–Crippen LogP) is 1.51. The maximum absolute atomic E-state index is 8.25. The second-order valence-electron chi connectivity index (χ2n) is 2.52. The van der Waals surface area contributed by atoms with E-state index in [1.165, 1.54) is 0 Å².